The number of hydrogen-bond acceptors (Lipinski definition) is 6. The average molecular weight is 433 g/mol. The Bertz CT molecular complexity index is 1050. The molecule has 2 aliphatic rings. The molecule has 0 spiro atoms. The van der Waals surface area contributed by atoms with Crippen LogP contribution in [0.3, 0.4) is 0 Å². The largest absolute Gasteiger partial charge is 0.310 e. The smallest absolute Gasteiger partial charge is 0.281 e. The second-order valence-electron chi connectivity index (χ2n) is 8.19. The van der Waals surface area contributed by atoms with E-state index in [-0.39, 0.29) is 18.0 Å². The third-order valence-electron chi connectivity index (χ3n) is 5.86. The van der Waals surface area contributed by atoms with Crippen molar-refractivity contribution >= 4 is 10.2 Å². The SMILES string of the molecule is CN(C)S(=O)(=O)N1CCc2nc([C@H]3CCCN(Cc4cccnc4)C3)[nH]c(=O)c2C1. The summed E-state index contributed by atoms with van der Waals surface area (Å²) in [5, 5.41) is 0. The van der Waals surface area contributed by atoms with Crippen LogP contribution in [-0.4, -0.2) is 70.6 Å². The van der Waals surface area contributed by atoms with Gasteiger partial charge in [-0.3, -0.25) is 14.7 Å². The Labute approximate surface area is 176 Å². The molecule has 9 nitrogen and oxygen atoms in total. The molecule has 162 valence electrons. The Hall–Kier alpha value is -2.14. The predicted molar refractivity (Wildman–Crippen MR) is 113 cm³/mol. The number of hydrogen-bond donors (Lipinski definition) is 1. The van der Waals surface area contributed by atoms with Crippen molar-refractivity contribution in [3.63, 3.8) is 0 Å². The van der Waals surface area contributed by atoms with Crippen molar-refractivity contribution in [3.8, 4) is 0 Å². The molecule has 1 N–H and O–H groups in total. The zero-order valence-corrected chi connectivity index (χ0v) is 18.2. The van der Waals surface area contributed by atoms with Crippen molar-refractivity contribution in [2.45, 2.75) is 38.3 Å². The Morgan fingerprint density at radius 1 is 1.30 bits per heavy atom. The summed E-state index contributed by atoms with van der Waals surface area (Å²) >= 11 is 0. The van der Waals surface area contributed by atoms with E-state index in [1.165, 1.54) is 28.3 Å². The van der Waals surface area contributed by atoms with Crippen LogP contribution in [0.25, 0.3) is 0 Å². The quantitative estimate of drug-likeness (QED) is 0.747. The van der Waals surface area contributed by atoms with Gasteiger partial charge in [-0.05, 0) is 31.0 Å². The number of rotatable bonds is 5. The number of piperidine rings is 1. The molecule has 0 unspecified atom stereocenters. The first-order chi connectivity index (χ1) is 14.3. The van der Waals surface area contributed by atoms with Crippen molar-refractivity contribution in [3.05, 3.63) is 57.5 Å². The van der Waals surface area contributed by atoms with Crippen LogP contribution in [0.5, 0.6) is 0 Å². The molecule has 0 aliphatic carbocycles. The summed E-state index contributed by atoms with van der Waals surface area (Å²) in [6.45, 7) is 3.07. The summed E-state index contributed by atoms with van der Waals surface area (Å²) in [4.78, 5) is 27.1. The molecule has 2 aliphatic heterocycles. The second-order valence-corrected chi connectivity index (χ2v) is 10.3. The van der Waals surface area contributed by atoms with Gasteiger partial charge in [0.25, 0.3) is 15.8 Å². The predicted octanol–water partition coefficient (Wildman–Crippen LogP) is 0.709. The molecule has 1 saturated heterocycles. The van der Waals surface area contributed by atoms with E-state index in [1.54, 1.807) is 6.20 Å². The minimum Gasteiger partial charge on any atom is -0.310 e. The van der Waals surface area contributed by atoms with E-state index < -0.39 is 10.2 Å². The van der Waals surface area contributed by atoms with E-state index in [4.69, 9.17) is 4.98 Å². The maximum atomic E-state index is 12.8. The van der Waals surface area contributed by atoms with Gasteiger partial charge >= 0.3 is 0 Å². The van der Waals surface area contributed by atoms with Gasteiger partial charge in [-0.1, -0.05) is 6.07 Å². The van der Waals surface area contributed by atoms with E-state index in [9.17, 15) is 13.2 Å². The van der Waals surface area contributed by atoms with Crippen molar-refractivity contribution in [2.24, 2.45) is 0 Å². The molecular formula is C20H28N6O3S. The first-order valence-electron chi connectivity index (χ1n) is 10.3. The molecule has 2 aromatic heterocycles. The number of nitrogens with one attached hydrogen (secondary N) is 1. The van der Waals surface area contributed by atoms with Crippen LogP contribution >= 0.6 is 0 Å². The summed E-state index contributed by atoms with van der Waals surface area (Å²) in [6, 6.07) is 4.02. The van der Waals surface area contributed by atoms with Crippen molar-refractivity contribution in [2.75, 3.05) is 33.7 Å². The number of nitrogens with zero attached hydrogens (tertiary/aromatic N) is 5. The fourth-order valence-electron chi connectivity index (χ4n) is 4.21. The van der Waals surface area contributed by atoms with Crippen LogP contribution in [-0.2, 0) is 29.7 Å². The van der Waals surface area contributed by atoms with Crippen LogP contribution in [0.1, 0.15) is 41.4 Å². The number of aromatic amines is 1. The molecule has 0 saturated carbocycles. The highest BCUT2D eigenvalue weighted by molar-refractivity contribution is 7.86. The summed E-state index contributed by atoms with van der Waals surface area (Å²) in [7, 11) is -0.559. The van der Waals surface area contributed by atoms with Gasteiger partial charge in [-0.15, -0.1) is 0 Å². The van der Waals surface area contributed by atoms with E-state index in [2.05, 4.69) is 20.9 Å². The first kappa shape index (κ1) is 21.1. The Kier molecular flexibility index (Phi) is 6.01. The van der Waals surface area contributed by atoms with Gasteiger partial charge in [-0.2, -0.15) is 17.0 Å². The lowest BCUT2D eigenvalue weighted by molar-refractivity contribution is 0.196. The lowest BCUT2D eigenvalue weighted by atomic mass is 9.96. The number of fused-ring (bicyclic) bond motifs is 1. The van der Waals surface area contributed by atoms with Gasteiger partial charge in [0.2, 0.25) is 0 Å². The summed E-state index contributed by atoms with van der Waals surface area (Å²) in [5.74, 6) is 0.885. The molecule has 2 aromatic rings. The molecule has 30 heavy (non-hydrogen) atoms. The highest BCUT2D eigenvalue weighted by Gasteiger charge is 2.32. The van der Waals surface area contributed by atoms with Crippen molar-refractivity contribution in [1.29, 1.82) is 0 Å². The van der Waals surface area contributed by atoms with Gasteiger partial charge in [0, 0.05) is 65.0 Å². The van der Waals surface area contributed by atoms with Gasteiger partial charge in [0.15, 0.2) is 0 Å². The first-order valence-corrected chi connectivity index (χ1v) is 11.6. The lowest BCUT2D eigenvalue weighted by Gasteiger charge is -2.33. The third kappa shape index (κ3) is 4.31. The molecule has 10 heteroatoms. The molecule has 1 fully saturated rings. The molecule has 0 aromatic carbocycles. The van der Waals surface area contributed by atoms with E-state index in [0.717, 1.165) is 44.0 Å². The standard InChI is InChI=1S/C20H28N6O3S/c1-24(2)30(28,29)26-10-7-18-17(14-26)20(27)23-19(22-18)16-6-4-9-25(13-16)12-15-5-3-8-21-11-15/h3,5,8,11,16H,4,6-7,9-10,12-14H2,1-2H3,(H,22,23,27)/t16-/m0/s1. The lowest BCUT2D eigenvalue weighted by Crippen LogP contribution is -2.45. The molecule has 4 heterocycles. The molecule has 0 radical (unpaired) electrons. The van der Waals surface area contributed by atoms with Gasteiger partial charge < -0.3 is 4.98 Å². The molecular weight excluding hydrogens is 404 g/mol. The number of H-pyrrole nitrogens is 1. The van der Waals surface area contributed by atoms with Crippen LogP contribution in [0.2, 0.25) is 0 Å². The molecule has 1 atom stereocenters. The molecule has 4 rings (SSSR count). The topological polar surface area (TPSA) is 102 Å². The number of likely N-dealkylation sites (tertiary alicyclic amines) is 1. The monoisotopic (exact) mass is 432 g/mol. The maximum Gasteiger partial charge on any atom is 0.281 e. The minimum atomic E-state index is -3.55. The van der Waals surface area contributed by atoms with Crippen molar-refractivity contribution < 1.29 is 8.42 Å². The van der Waals surface area contributed by atoms with E-state index in [0.29, 0.717) is 18.5 Å². The normalized spacial score (nSPS) is 21.0. The Balaban J connectivity index is 1.51. The zero-order valence-electron chi connectivity index (χ0n) is 17.4. The van der Waals surface area contributed by atoms with Gasteiger partial charge in [0.1, 0.15) is 5.82 Å². The minimum absolute atomic E-state index is 0.0657. The van der Waals surface area contributed by atoms with Gasteiger partial charge in [0.05, 0.1) is 11.3 Å². The highest BCUT2D eigenvalue weighted by Crippen LogP contribution is 2.26. The third-order valence-corrected chi connectivity index (χ3v) is 7.75. The fraction of sp³-hybridized carbons (Fsp3) is 0.550. The summed E-state index contributed by atoms with van der Waals surface area (Å²) < 4.78 is 27.3. The molecule has 0 amide bonds. The number of pyridine rings is 1. The van der Waals surface area contributed by atoms with Crippen LogP contribution in [0.15, 0.2) is 29.3 Å². The van der Waals surface area contributed by atoms with E-state index >= 15 is 0 Å². The van der Waals surface area contributed by atoms with E-state index in [1.807, 2.05) is 12.3 Å². The Morgan fingerprint density at radius 2 is 2.13 bits per heavy atom. The Morgan fingerprint density at radius 3 is 2.87 bits per heavy atom. The number of aromatic nitrogens is 3. The highest BCUT2D eigenvalue weighted by atomic mass is 32.2. The van der Waals surface area contributed by atoms with Gasteiger partial charge in [-0.25, -0.2) is 4.98 Å². The molecule has 0 bridgehead atoms. The summed E-state index contributed by atoms with van der Waals surface area (Å²) in [5.41, 5.74) is 2.13. The van der Waals surface area contributed by atoms with Crippen LogP contribution in [0.4, 0.5) is 0 Å². The van der Waals surface area contributed by atoms with Crippen LogP contribution in [0, 0.1) is 0 Å². The fourth-order valence-corrected chi connectivity index (χ4v) is 5.29. The average Bonchev–Trinajstić information content (AvgIpc) is 2.74. The van der Waals surface area contributed by atoms with Crippen LogP contribution < -0.4 is 5.56 Å². The second kappa shape index (κ2) is 8.54. The maximum absolute atomic E-state index is 12.8. The van der Waals surface area contributed by atoms with Crippen molar-refractivity contribution in [1.82, 2.24) is 28.5 Å². The zero-order chi connectivity index (χ0) is 21.3. The summed E-state index contributed by atoms with van der Waals surface area (Å²) in [6.07, 6.45) is 6.13.